The molecule has 0 fully saturated rings. The van der Waals surface area contributed by atoms with Crippen LogP contribution in [-0.2, 0) is 14.3 Å². The molecular formula is C14H17NO4. The second-order valence-corrected chi connectivity index (χ2v) is 3.93. The third kappa shape index (κ3) is 5.35. The van der Waals surface area contributed by atoms with Gasteiger partial charge in [0.25, 0.3) is 0 Å². The molecule has 0 saturated carbocycles. The highest BCUT2D eigenvalue weighted by molar-refractivity contribution is 5.92. The summed E-state index contributed by atoms with van der Waals surface area (Å²) < 4.78 is 5.00. The first-order chi connectivity index (χ1) is 9.02. The summed E-state index contributed by atoms with van der Waals surface area (Å²) in [6.45, 7) is 4.18. The van der Waals surface area contributed by atoms with Crippen molar-refractivity contribution < 1.29 is 19.4 Å². The number of aliphatic carboxylic acids is 1. The molecule has 0 aliphatic carbocycles. The van der Waals surface area contributed by atoms with Crippen molar-refractivity contribution in [3.63, 3.8) is 0 Å². The Bertz CT molecular complexity index is 494. The molecular weight excluding hydrogens is 246 g/mol. The fraction of sp³-hybridized carbons (Fsp3) is 0.286. The van der Waals surface area contributed by atoms with Gasteiger partial charge in [-0.1, -0.05) is 6.07 Å². The number of ether oxygens (including phenoxy) is 1. The smallest absolute Gasteiger partial charge is 0.328 e. The number of benzene rings is 1. The second kappa shape index (κ2) is 7.33. The van der Waals surface area contributed by atoms with Gasteiger partial charge in [-0.3, -0.25) is 4.79 Å². The SMILES string of the molecule is CCOCC(=O)Nc1ccc(/C=C/C(=O)O)c(C)c1. The largest absolute Gasteiger partial charge is 0.478 e. The van der Waals surface area contributed by atoms with Crippen LogP contribution in [0.3, 0.4) is 0 Å². The van der Waals surface area contributed by atoms with Crippen LogP contribution in [-0.4, -0.2) is 30.2 Å². The molecule has 1 aromatic carbocycles. The van der Waals surface area contributed by atoms with Crippen LogP contribution in [0.2, 0.25) is 0 Å². The summed E-state index contributed by atoms with van der Waals surface area (Å²) in [6.07, 6.45) is 2.60. The van der Waals surface area contributed by atoms with E-state index in [1.807, 2.05) is 13.8 Å². The van der Waals surface area contributed by atoms with Crippen LogP contribution in [0.5, 0.6) is 0 Å². The molecule has 5 nitrogen and oxygen atoms in total. The number of hydrogen-bond donors (Lipinski definition) is 2. The van der Waals surface area contributed by atoms with Gasteiger partial charge in [0.05, 0.1) is 0 Å². The van der Waals surface area contributed by atoms with E-state index in [1.165, 1.54) is 6.08 Å². The van der Waals surface area contributed by atoms with E-state index >= 15 is 0 Å². The van der Waals surface area contributed by atoms with Gasteiger partial charge < -0.3 is 15.2 Å². The Hall–Kier alpha value is -2.14. The third-order valence-corrected chi connectivity index (χ3v) is 2.40. The third-order valence-electron chi connectivity index (χ3n) is 2.40. The molecule has 0 aliphatic heterocycles. The molecule has 0 radical (unpaired) electrons. The van der Waals surface area contributed by atoms with Crippen LogP contribution in [0.1, 0.15) is 18.1 Å². The highest BCUT2D eigenvalue weighted by Gasteiger charge is 2.03. The Morgan fingerprint density at radius 2 is 2.16 bits per heavy atom. The Labute approximate surface area is 111 Å². The quantitative estimate of drug-likeness (QED) is 0.770. The normalized spacial score (nSPS) is 10.6. The minimum Gasteiger partial charge on any atom is -0.478 e. The highest BCUT2D eigenvalue weighted by atomic mass is 16.5. The molecule has 1 rings (SSSR count). The predicted molar refractivity (Wildman–Crippen MR) is 73.0 cm³/mol. The van der Waals surface area contributed by atoms with Gasteiger partial charge in [-0.15, -0.1) is 0 Å². The first-order valence-electron chi connectivity index (χ1n) is 5.92. The van der Waals surface area contributed by atoms with Crippen LogP contribution >= 0.6 is 0 Å². The molecule has 0 aromatic heterocycles. The van der Waals surface area contributed by atoms with Crippen molar-refractivity contribution in [3.05, 3.63) is 35.4 Å². The minimum atomic E-state index is -0.992. The van der Waals surface area contributed by atoms with Gasteiger partial charge in [0.2, 0.25) is 5.91 Å². The first kappa shape index (κ1) is 14.9. The maximum absolute atomic E-state index is 11.5. The van der Waals surface area contributed by atoms with Crippen molar-refractivity contribution >= 4 is 23.6 Å². The van der Waals surface area contributed by atoms with Crippen LogP contribution in [0, 0.1) is 6.92 Å². The highest BCUT2D eigenvalue weighted by Crippen LogP contribution is 2.16. The predicted octanol–water partition coefficient (Wildman–Crippen LogP) is 2.07. The lowest BCUT2D eigenvalue weighted by Gasteiger charge is -2.07. The fourth-order valence-corrected chi connectivity index (χ4v) is 1.49. The van der Waals surface area contributed by atoms with Crippen LogP contribution in [0.25, 0.3) is 6.08 Å². The summed E-state index contributed by atoms with van der Waals surface area (Å²) in [5, 5.41) is 11.3. The van der Waals surface area contributed by atoms with E-state index in [9.17, 15) is 9.59 Å². The Morgan fingerprint density at radius 1 is 1.42 bits per heavy atom. The van der Waals surface area contributed by atoms with E-state index in [0.29, 0.717) is 12.3 Å². The van der Waals surface area contributed by atoms with Crippen molar-refractivity contribution in [3.8, 4) is 0 Å². The number of rotatable bonds is 6. The van der Waals surface area contributed by atoms with Crippen LogP contribution < -0.4 is 5.32 Å². The van der Waals surface area contributed by atoms with E-state index in [-0.39, 0.29) is 12.5 Å². The molecule has 0 spiro atoms. The van der Waals surface area contributed by atoms with Gasteiger partial charge in [0.15, 0.2) is 0 Å². The number of anilines is 1. The van der Waals surface area contributed by atoms with E-state index in [0.717, 1.165) is 17.2 Å². The van der Waals surface area contributed by atoms with Crippen LogP contribution in [0.15, 0.2) is 24.3 Å². The van der Waals surface area contributed by atoms with Gasteiger partial charge in [0.1, 0.15) is 6.61 Å². The maximum Gasteiger partial charge on any atom is 0.328 e. The number of carboxylic acid groups (broad SMARTS) is 1. The number of nitrogens with one attached hydrogen (secondary N) is 1. The lowest BCUT2D eigenvalue weighted by atomic mass is 10.1. The fourth-order valence-electron chi connectivity index (χ4n) is 1.49. The minimum absolute atomic E-state index is 0.0240. The van der Waals surface area contributed by atoms with E-state index in [1.54, 1.807) is 18.2 Å². The van der Waals surface area contributed by atoms with E-state index < -0.39 is 5.97 Å². The zero-order chi connectivity index (χ0) is 14.3. The molecule has 2 N–H and O–H groups in total. The van der Waals surface area contributed by atoms with Crippen LogP contribution in [0.4, 0.5) is 5.69 Å². The number of aryl methyl sites for hydroxylation is 1. The number of carbonyl (C=O) groups excluding carboxylic acids is 1. The summed E-state index contributed by atoms with van der Waals surface area (Å²) in [5.74, 6) is -1.21. The van der Waals surface area contributed by atoms with Gasteiger partial charge in [-0.25, -0.2) is 4.79 Å². The Balaban J connectivity index is 2.71. The number of carbonyl (C=O) groups is 2. The van der Waals surface area contributed by atoms with Crippen molar-refractivity contribution in [2.24, 2.45) is 0 Å². The summed E-state index contributed by atoms with van der Waals surface area (Å²) >= 11 is 0. The first-order valence-corrected chi connectivity index (χ1v) is 5.92. The van der Waals surface area contributed by atoms with Crippen molar-refractivity contribution in [2.75, 3.05) is 18.5 Å². The van der Waals surface area contributed by atoms with Crippen molar-refractivity contribution in [1.29, 1.82) is 0 Å². The van der Waals surface area contributed by atoms with E-state index in [2.05, 4.69) is 5.32 Å². The maximum atomic E-state index is 11.5. The standard InChI is InChI=1S/C14H17NO4/c1-3-19-9-13(16)15-12-6-4-11(10(2)8-12)5-7-14(17)18/h4-8H,3,9H2,1-2H3,(H,15,16)(H,17,18)/b7-5+. The van der Waals surface area contributed by atoms with Gasteiger partial charge >= 0.3 is 5.97 Å². The molecule has 1 amide bonds. The molecule has 5 heteroatoms. The topological polar surface area (TPSA) is 75.6 Å². The number of hydrogen-bond acceptors (Lipinski definition) is 3. The lowest BCUT2D eigenvalue weighted by molar-refractivity contribution is -0.131. The monoisotopic (exact) mass is 263 g/mol. The molecule has 0 aliphatic rings. The molecule has 102 valence electrons. The molecule has 0 saturated heterocycles. The summed E-state index contributed by atoms with van der Waals surface area (Å²) in [4.78, 5) is 21.9. The zero-order valence-corrected chi connectivity index (χ0v) is 11.0. The van der Waals surface area contributed by atoms with Crippen molar-refractivity contribution in [1.82, 2.24) is 0 Å². The second-order valence-electron chi connectivity index (χ2n) is 3.93. The Morgan fingerprint density at radius 3 is 2.74 bits per heavy atom. The summed E-state index contributed by atoms with van der Waals surface area (Å²) in [6, 6.07) is 5.26. The van der Waals surface area contributed by atoms with Gasteiger partial charge in [0, 0.05) is 18.4 Å². The molecule has 19 heavy (non-hydrogen) atoms. The van der Waals surface area contributed by atoms with E-state index in [4.69, 9.17) is 9.84 Å². The number of amides is 1. The average Bonchev–Trinajstić information content (AvgIpc) is 2.35. The van der Waals surface area contributed by atoms with Gasteiger partial charge in [-0.05, 0) is 43.2 Å². The lowest BCUT2D eigenvalue weighted by Crippen LogP contribution is -2.18. The van der Waals surface area contributed by atoms with Crippen molar-refractivity contribution in [2.45, 2.75) is 13.8 Å². The summed E-state index contributed by atoms with van der Waals surface area (Å²) in [7, 11) is 0. The van der Waals surface area contributed by atoms with Gasteiger partial charge in [-0.2, -0.15) is 0 Å². The molecule has 0 bridgehead atoms. The molecule has 0 atom stereocenters. The number of carboxylic acids is 1. The molecule has 1 aromatic rings. The molecule has 0 heterocycles. The zero-order valence-electron chi connectivity index (χ0n) is 11.0. The molecule has 0 unspecified atom stereocenters. The summed E-state index contributed by atoms with van der Waals surface area (Å²) in [5.41, 5.74) is 2.34. The Kier molecular flexibility index (Phi) is 5.75. The average molecular weight is 263 g/mol.